The predicted octanol–water partition coefficient (Wildman–Crippen LogP) is 1.98. The molecular formula is C20H20FN7O. The molecule has 1 aromatic carbocycles. The second kappa shape index (κ2) is 8.59. The molecule has 3 heterocycles. The van der Waals surface area contributed by atoms with E-state index in [1.807, 2.05) is 0 Å². The lowest BCUT2D eigenvalue weighted by atomic mass is 10.2. The van der Waals surface area contributed by atoms with E-state index in [0.717, 1.165) is 5.56 Å². The third kappa shape index (κ3) is 4.63. The Hall–Kier alpha value is -3.62. The van der Waals surface area contributed by atoms with Gasteiger partial charge in [-0.2, -0.15) is 0 Å². The lowest BCUT2D eigenvalue weighted by molar-refractivity contribution is 0.0740. The normalized spacial score (nSPS) is 14.0. The van der Waals surface area contributed by atoms with Crippen molar-refractivity contribution in [1.29, 1.82) is 0 Å². The van der Waals surface area contributed by atoms with Crippen molar-refractivity contribution >= 4 is 17.8 Å². The number of nitrogens with one attached hydrogen (secondary N) is 1. The standard InChI is InChI=1S/C20H20FN7O/c21-16-4-2-15(3-5-16)14-25-19-22-9-6-17(26-19)18(29)27-10-12-28(13-11-27)20-23-7-1-8-24-20/h1-9H,10-14H2,(H,22,25,26). The first-order chi connectivity index (χ1) is 14.2. The molecule has 1 amide bonds. The maximum atomic E-state index is 13.0. The van der Waals surface area contributed by atoms with Crippen LogP contribution in [0.5, 0.6) is 0 Å². The molecule has 1 saturated heterocycles. The minimum Gasteiger partial charge on any atom is -0.350 e. The van der Waals surface area contributed by atoms with Gasteiger partial charge >= 0.3 is 0 Å². The van der Waals surface area contributed by atoms with Gasteiger partial charge < -0.3 is 15.1 Å². The van der Waals surface area contributed by atoms with Crippen LogP contribution in [-0.4, -0.2) is 56.9 Å². The third-order valence-corrected chi connectivity index (χ3v) is 4.64. The largest absolute Gasteiger partial charge is 0.350 e. The highest BCUT2D eigenvalue weighted by atomic mass is 19.1. The first-order valence-corrected chi connectivity index (χ1v) is 9.32. The summed E-state index contributed by atoms with van der Waals surface area (Å²) in [7, 11) is 0. The van der Waals surface area contributed by atoms with Crippen molar-refractivity contribution in [2.24, 2.45) is 0 Å². The Balaban J connectivity index is 1.35. The molecule has 148 valence electrons. The Bertz CT molecular complexity index is 960. The van der Waals surface area contributed by atoms with Gasteiger partial charge in [0.25, 0.3) is 5.91 Å². The Morgan fingerprint density at radius 1 is 0.966 bits per heavy atom. The molecule has 1 fully saturated rings. The van der Waals surface area contributed by atoms with Gasteiger partial charge in [0.05, 0.1) is 0 Å². The van der Waals surface area contributed by atoms with E-state index in [-0.39, 0.29) is 11.7 Å². The molecule has 3 aromatic rings. The summed E-state index contributed by atoms with van der Waals surface area (Å²) in [6.07, 6.45) is 4.98. The molecule has 0 spiro atoms. The summed E-state index contributed by atoms with van der Waals surface area (Å²) in [6, 6.07) is 9.56. The molecule has 0 radical (unpaired) electrons. The molecular weight excluding hydrogens is 373 g/mol. The quantitative estimate of drug-likeness (QED) is 0.709. The molecule has 4 rings (SSSR count). The van der Waals surface area contributed by atoms with Crippen molar-refractivity contribution in [2.45, 2.75) is 6.54 Å². The Labute approximate surface area is 167 Å². The number of amides is 1. The van der Waals surface area contributed by atoms with Crippen LogP contribution in [0.3, 0.4) is 0 Å². The molecule has 1 aliphatic rings. The van der Waals surface area contributed by atoms with Crippen LogP contribution in [0.4, 0.5) is 16.3 Å². The van der Waals surface area contributed by atoms with Crippen molar-refractivity contribution < 1.29 is 9.18 Å². The average Bonchev–Trinajstić information content (AvgIpc) is 2.79. The van der Waals surface area contributed by atoms with Crippen molar-refractivity contribution in [2.75, 3.05) is 36.4 Å². The number of rotatable bonds is 5. The molecule has 1 aliphatic heterocycles. The van der Waals surface area contributed by atoms with Crippen molar-refractivity contribution in [1.82, 2.24) is 24.8 Å². The number of hydrogen-bond donors (Lipinski definition) is 1. The lowest BCUT2D eigenvalue weighted by Crippen LogP contribution is -2.49. The summed E-state index contributed by atoms with van der Waals surface area (Å²) in [5, 5.41) is 3.07. The van der Waals surface area contributed by atoms with Crippen LogP contribution in [0.2, 0.25) is 0 Å². The van der Waals surface area contributed by atoms with Crippen molar-refractivity contribution in [3.05, 3.63) is 72.1 Å². The molecule has 0 saturated carbocycles. The Morgan fingerprint density at radius 3 is 2.41 bits per heavy atom. The molecule has 1 N–H and O–H groups in total. The van der Waals surface area contributed by atoms with Gasteiger partial charge in [0.15, 0.2) is 0 Å². The highest BCUT2D eigenvalue weighted by Gasteiger charge is 2.24. The third-order valence-electron chi connectivity index (χ3n) is 4.64. The second-order valence-corrected chi connectivity index (χ2v) is 6.57. The number of benzene rings is 1. The van der Waals surface area contributed by atoms with Crippen LogP contribution in [-0.2, 0) is 6.54 Å². The van der Waals surface area contributed by atoms with E-state index in [0.29, 0.717) is 50.3 Å². The minimum atomic E-state index is -0.281. The van der Waals surface area contributed by atoms with E-state index < -0.39 is 0 Å². The van der Waals surface area contributed by atoms with Crippen molar-refractivity contribution in [3.8, 4) is 0 Å². The first-order valence-electron chi connectivity index (χ1n) is 9.32. The van der Waals surface area contributed by atoms with E-state index in [2.05, 4.69) is 30.2 Å². The first kappa shape index (κ1) is 18.7. The number of hydrogen-bond acceptors (Lipinski definition) is 7. The number of anilines is 2. The molecule has 8 nitrogen and oxygen atoms in total. The predicted molar refractivity (Wildman–Crippen MR) is 106 cm³/mol. The molecule has 9 heteroatoms. The number of carbonyl (C=O) groups excluding carboxylic acids is 1. The maximum Gasteiger partial charge on any atom is 0.272 e. The van der Waals surface area contributed by atoms with Crippen molar-refractivity contribution in [3.63, 3.8) is 0 Å². The summed E-state index contributed by atoms with van der Waals surface area (Å²) in [5.74, 6) is 0.618. The molecule has 0 unspecified atom stereocenters. The van der Waals surface area contributed by atoms with Crippen LogP contribution < -0.4 is 10.2 Å². The van der Waals surface area contributed by atoms with Gasteiger partial charge in [-0.3, -0.25) is 4.79 Å². The number of piperazine rings is 1. The van der Waals surface area contributed by atoms with Gasteiger partial charge in [-0.05, 0) is 29.8 Å². The molecule has 0 aliphatic carbocycles. The summed E-state index contributed by atoms with van der Waals surface area (Å²) in [6.45, 7) is 2.90. The minimum absolute atomic E-state index is 0.133. The highest BCUT2D eigenvalue weighted by molar-refractivity contribution is 5.92. The smallest absolute Gasteiger partial charge is 0.272 e. The number of aromatic nitrogens is 4. The highest BCUT2D eigenvalue weighted by Crippen LogP contribution is 2.13. The van der Waals surface area contributed by atoms with Gasteiger partial charge in [-0.1, -0.05) is 12.1 Å². The van der Waals surface area contributed by atoms with E-state index in [9.17, 15) is 9.18 Å². The maximum absolute atomic E-state index is 13.0. The van der Waals surface area contributed by atoms with Gasteiger partial charge in [0.1, 0.15) is 11.5 Å². The molecule has 0 atom stereocenters. The van der Waals surface area contributed by atoms with Gasteiger partial charge in [0, 0.05) is 51.3 Å². The summed E-state index contributed by atoms with van der Waals surface area (Å²) in [4.78, 5) is 33.6. The summed E-state index contributed by atoms with van der Waals surface area (Å²) >= 11 is 0. The van der Waals surface area contributed by atoms with E-state index in [1.54, 1.807) is 47.8 Å². The molecule has 2 aromatic heterocycles. The zero-order valence-corrected chi connectivity index (χ0v) is 15.7. The van der Waals surface area contributed by atoms with Crippen LogP contribution in [0.1, 0.15) is 16.1 Å². The van der Waals surface area contributed by atoms with Gasteiger partial charge in [-0.15, -0.1) is 0 Å². The zero-order valence-electron chi connectivity index (χ0n) is 15.7. The van der Waals surface area contributed by atoms with E-state index >= 15 is 0 Å². The Morgan fingerprint density at radius 2 is 1.69 bits per heavy atom. The van der Waals surface area contributed by atoms with Crippen LogP contribution >= 0.6 is 0 Å². The second-order valence-electron chi connectivity index (χ2n) is 6.57. The van der Waals surface area contributed by atoms with Gasteiger partial charge in [-0.25, -0.2) is 24.3 Å². The number of nitrogens with zero attached hydrogens (tertiary/aromatic N) is 6. The summed E-state index contributed by atoms with van der Waals surface area (Å²) < 4.78 is 13.0. The topological polar surface area (TPSA) is 87.1 Å². The fourth-order valence-corrected chi connectivity index (χ4v) is 3.07. The Kier molecular flexibility index (Phi) is 5.55. The zero-order chi connectivity index (χ0) is 20.1. The monoisotopic (exact) mass is 393 g/mol. The molecule has 29 heavy (non-hydrogen) atoms. The van der Waals surface area contributed by atoms with Crippen LogP contribution in [0.15, 0.2) is 55.0 Å². The van der Waals surface area contributed by atoms with Crippen LogP contribution in [0.25, 0.3) is 0 Å². The van der Waals surface area contributed by atoms with E-state index in [1.165, 1.54) is 12.1 Å². The SMILES string of the molecule is O=C(c1ccnc(NCc2ccc(F)cc2)n1)N1CCN(c2ncccn2)CC1. The van der Waals surface area contributed by atoms with Crippen LogP contribution in [0, 0.1) is 5.82 Å². The number of carbonyl (C=O) groups is 1. The number of halogens is 1. The average molecular weight is 393 g/mol. The van der Waals surface area contributed by atoms with Gasteiger partial charge in [0.2, 0.25) is 11.9 Å². The fourth-order valence-electron chi connectivity index (χ4n) is 3.07. The molecule has 0 bridgehead atoms. The lowest BCUT2D eigenvalue weighted by Gasteiger charge is -2.34. The van der Waals surface area contributed by atoms with E-state index in [4.69, 9.17) is 0 Å². The summed E-state index contributed by atoms with van der Waals surface area (Å²) in [5.41, 5.74) is 1.23. The fraction of sp³-hybridized carbons (Fsp3) is 0.250.